The van der Waals surface area contributed by atoms with E-state index < -0.39 is 6.09 Å². The number of amides is 3. The highest BCUT2D eigenvalue weighted by atomic mass is 16.6. The van der Waals surface area contributed by atoms with Crippen LogP contribution in [0.2, 0.25) is 0 Å². The molecule has 10 nitrogen and oxygen atoms in total. The van der Waals surface area contributed by atoms with Crippen molar-refractivity contribution in [1.29, 1.82) is 0 Å². The van der Waals surface area contributed by atoms with Crippen LogP contribution in [0.3, 0.4) is 0 Å². The van der Waals surface area contributed by atoms with Gasteiger partial charge in [0.15, 0.2) is 5.82 Å². The first kappa shape index (κ1) is 20.4. The van der Waals surface area contributed by atoms with E-state index in [1.807, 2.05) is 31.2 Å². The Bertz CT molecular complexity index is 1300. The third-order valence-corrected chi connectivity index (χ3v) is 6.41. The van der Waals surface area contributed by atoms with Gasteiger partial charge in [0.2, 0.25) is 0 Å². The molecule has 1 atom stereocenters. The summed E-state index contributed by atoms with van der Waals surface area (Å²) in [6.45, 7) is 4.40. The number of hydrogen-bond acceptors (Lipinski definition) is 7. The lowest BCUT2D eigenvalue weighted by atomic mass is 10.1. The molecule has 3 aromatic heterocycles. The van der Waals surface area contributed by atoms with Crippen molar-refractivity contribution in [2.45, 2.75) is 19.4 Å². The van der Waals surface area contributed by atoms with Gasteiger partial charge in [0, 0.05) is 42.8 Å². The van der Waals surface area contributed by atoms with E-state index in [0.717, 1.165) is 42.1 Å². The van der Waals surface area contributed by atoms with Gasteiger partial charge in [-0.1, -0.05) is 0 Å². The molecule has 2 bridgehead atoms. The Morgan fingerprint density at radius 3 is 2.82 bits per heavy atom. The number of fused-ring (bicyclic) bond motifs is 4. The molecule has 2 saturated heterocycles. The van der Waals surface area contributed by atoms with Crippen molar-refractivity contribution in [2.75, 3.05) is 46.3 Å². The number of anilines is 4. The Morgan fingerprint density at radius 2 is 2.00 bits per heavy atom. The van der Waals surface area contributed by atoms with Gasteiger partial charge >= 0.3 is 12.1 Å². The minimum atomic E-state index is -0.400. The van der Waals surface area contributed by atoms with E-state index in [4.69, 9.17) is 9.72 Å². The minimum Gasteiger partial charge on any atom is -0.447 e. The second kappa shape index (κ2) is 7.98. The molecule has 3 aromatic rings. The number of aryl methyl sites for hydroxylation is 1. The molecule has 3 amide bonds. The molecule has 0 aromatic carbocycles. The molecule has 2 fully saturated rings. The van der Waals surface area contributed by atoms with Crippen molar-refractivity contribution >= 4 is 35.1 Å². The topological polar surface area (TPSA) is 104 Å². The maximum absolute atomic E-state index is 13.5. The smallest absolute Gasteiger partial charge is 0.414 e. The van der Waals surface area contributed by atoms with Crippen LogP contribution >= 0.6 is 0 Å². The van der Waals surface area contributed by atoms with E-state index in [-0.39, 0.29) is 12.1 Å². The highest BCUT2D eigenvalue weighted by Crippen LogP contribution is 2.40. The van der Waals surface area contributed by atoms with Gasteiger partial charge in [0.05, 0.1) is 29.7 Å². The quantitative estimate of drug-likeness (QED) is 0.643. The Balaban J connectivity index is 1.32. The molecule has 34 heavy (non-hydrogen) atoms. The van der Waals surface area contributed by atoms with Crippen molar-refractivity contribution in [2.24, 2.45) is 0 Å². The lowest BCUT2D eigenvalue weighted by molar-refractivity contribution is 0.181. The molecule has 6 rings (SSSR count). The first-order valence-electron chi connectivity index (χ1n) is 11.3. The highest BCUT2D eigenvalue weighted by Gasteiger charge is 2.40. The average molecular weight is 457 g/mol. The van der Waals surface area contributed by atoms with Crippen LogP contribution in [-0.4, -0.2) is 59.4 Å². The predicted octanol–water partition coefficient (Wildman–Crippen LogP) is 3.43. The van der Waals surface area contributed by atoms with Crippen LogP contribution < -0.4 is 20.0 Å². The van der Waals surface area contributed by atoms with E-state index >= 15 is 0 Å². The number of cyclic esters (lactones) is 1. The Morgan fingerprint density at radius 1 is 1.12 bits per heavy atom. The maximum atomic E-state index is 13.5. The van der Waals surface area contributed by atoms with Gasteiger partial charge < -0.3 is 9.64 Å². The largest absolute Gasteiger partial charge is 0.447 e. The number of pyridine rings is 3. The fraction of sp³-hybridized carbons (Fsp3) is 0.292. The molecule has 0 aliphatic carbocycles. The predicted molar refractivity (Wildman–Crippen MR) is 127 cm³/mol. The van der Waals surface area contributed by atoms with Crippen LogP contribution in [0.1, 0.15) is 12.1 Å². The SMILES string of the molecule is Cc1cc(-c2ccc3c(n2)N(C(=O)Nc2cc(N4CCOC4=O)ccn2)[C@H]2CCN3C2)ccn1. The normalized spacial score (nSPS) is 18.7. The van der Waals surface area contributed by atoms with E-state index in [1.165, 1.54) is 4.90 Å². The Labute approximate surface area is 196 Å². The lowest BCUT2D eigenvalue weighted by Crippen LogP contribution is -2.48. The first-order chi connectivity index (χ1) is 16.6. The zero-order chi connectivity index (χ0) is 23.2. The number of carbonyl (C=O) groups excluding carboxylic acids is 2. The number of carbonyl (C=O) groups is 2. The molecular formula is C24H23N7O3. The van der Waals surface area contributed by atoms with Crippen molar-refractivity contribution in [3.05, 3.63) is 54.5 Å². The molecule has 6 heterocycles. The lowest BCUT2D eigenvalue weighted by Gasteiger charge is -2.35. The molecular weight excluding hydrogens is 434 g/mol. The number of nitrogens with zero attached hydrogens (tertiary/aromatic N) is 6. The summed E-state index contributed by atoms with van der Waals surface area (Å²) >= 11 is 0. The second-order valence-electron chi connectivity index (χ2n) is 8.58. The summed E-state index contributed by atoms with van der Waals surface area (Å²) in [5.74, 6) is 1.00. The molecule has 10 heteroatoms. The maximum Gasteiger partial charge on any atom is 0.414 e. The van der Waals surface area contributed by atoms with Crippen LogP contribution in [0.25, 0.3) is 11.3 Å². The monoisotopic (exact) mass is 457 g/mol. The fourth-order valence-electron chi connectivity index (χ4n) is 4.79. The molecule has 0 radical (unpaired) electrons. The summed E-state index contributed by atoms with van der Waals surface area (Å²) in [7, 11) is 0. The van der Waals surface area contributed by atoms with Crippen LogP contribution in [0.5, 0.6) is 0 Å². The summed E-state index contributed by atoms with van der Waals surface area (Å²) < 4.78 is 5.02. The molecule has 0 unspecified atom stereocenters. The highest BCUT2D eigenvalue weighted by molar-refractivity contribution is 6.04. The number of aromatic nitrogens is 3. The van der Waals surface area contributed by atoms with Crippen LogP contribution in [-0.2, 0) is 4.74 Å². The molecule has 1 N–H and O–H groups in total. The second-order valence-corrected chi connectivity index (χ2v) is 8.58. The molecule has 0 saturated carbocycles. The van der Waals surface area contributed by atoms with Gasteiger partial charge in [-0.25, -0.2) is 19.6 Å². The zero-order valence-corrected chi connectivity index (χ0v) is 18.6. The summed E-state index contributed by atoms with van der Waals surface area (Å²) in [6.07, 6.45) is 3.79. The number of hydrogen-bond donors (Lipinski definition) is 1. The number of nitrogens with one attached hydrogen (secondary N) is 1. The van der Waals surface area contributed by atoms with Gasteiger partial charge in [-0.3, -0.25) is 20.1 Å². The number of ether oxygens (including phenoxy) is 1. The van der Waals surface area contributed by atoms with Crippen molar-refractivity contribution in [3.63, 3.8) is 0 Å². The Kier molecular flexibility index (Phi) is 4.79. The molecule has 0 spiro atoms. The van der Waals surface area contributed by atoms with E-state index in [0.29, 0.717) is 30.5 Å². The summed E-state index contributed by atoms with van der Waals surface area (Å²) in [6, 6.07) is 11.1. The first-order valence-corrected chi connectivity index (χ1v) is 11.3. The van der Waals surface area contributed by atoms with Gasteiger partial charge in [0.1, 0.15) is 12.4 Å². The summed E-state index contributed by atoms with van der Waals surface area (Å²) in [4.78, 5) is 44.4. The Hall–Kier alpha value is -4.21. The minimum absolute atomic E-state index is 0.0196. The van der Waals surface area contributed by atoms with Crippen LogP contribution in [0.4, 0.5) is 32.6 Å². The fourth-order valence-corrected chi connectivity index (χ4v) is 4.79. The average Bonchev–Trinajstić information content (AvgIpc) is 3.46. The van der Waals surface area contributed by atoms with Gasteiger partial charge in [-0.2, -0.15) is 0 Å². The third kappa shape index (κ3) is 3.47. The summed E-state index contributed by atoms with van der Waals surface area (Å²) in [5.41, 5.74) is 4.23. The van der Waals surface area contributed by atoms with E-state index in [1.54, 1.807) is 29.4 Å². The van der Waals surface area contributed by atoms with Gasteiger partial charge in [0.25, 0.3) is 0 Å². The molecule has 172 valence electrons. The van der Waals surface area contributed by atoms with Gasteiger partial charge in [-0.05, 0) is 43.7 Å². The van der Waals surface area contributed by atoms with Crippen molar-refractivity contribution in [1.82, 2.24) is 15.0 Å². The summed E-state index contributed by atoms with van der Waals surface area (Å²) in [5, 5.41) is 2.91. The molecule has 3 aliphatic heterocycles. The van der Waals surface area contributed by atoms with Crippen molar-refractivity contribution < 1.29 is 14.3 Å². The third-order valence-electron chi connectivity index (χ3n) is 6.41. The standard InChI is InChI=1S/C24H23N7O3/c1-15-12-16(4-7-25-15)19-2-3-20-22(27-19)31(18-6-9-29(20)14-18)23(32)28-21-13-17(5-8-26-21)30-10-11-34-24(30)33/h2-5,7-8,12-13,18H,6,9-11,14H2,1H3,(H,26,28,32)/t18-/m0/s1. The van der Waals surface area contributed by atoms with E-state index in [2.05, 4.69) is 20.2 Å². The molecule has 3 aliphatic rings. The number of rotatable bonds is 3. The zero-order valence-electron chi connectivity index (χ0n) is 18.6. The van der Waals surface area contributed by atoms with Crippen LogP contribution in [0, 0.1) is 6.92 Å². The van der Waals surface area contributed by atoms with Gasteiger partial charge in [-0.15, -0.1) is 0 Å². The van der Waals surface area contributed by atoms with E-state index in [9.17, 15) is 9.59 Å². The van der Waals surface area contributed by atoms with Crippen LogP contribution in [0.15, 0.2) is 48.8 Å². The number of urea groups is 1. The van der Waals surface area contributed by atoms with Crippen molar-refractivity contribution in [3.8, 4) is 11.3 Å².